The van der Waals surface area contributed by atoms with E-state index in [9.17, 15) is 9.59 Å². The van der Waals surface area contributed by atoms with E-state index in [0.717, 1.165) is 64.5 Å². The van der Waals surface area contributed by atoms with Crippen molar-refractivity contribution >= 4 is 11.8 Å². The Hall–Kier alpha value is -1.10. The second-order valence-electron chi connectivity index (χ2n) is 6.99. The van der Waals surface area contributed by atoms with E-state index in [1.165, 1.54) is 0 Å². The number of likely N-dealkylation sites (tertiary alicyclic amines) is 1. The number of hydrogen-bond donors (Lipinski definition) is 2. The smallest absolute Gasteiger partial charge is 0.225 e. The molecule has 5 heteroatoms. The van der Waals surface area contributed by atoms with Crippen LogP contribution in [-0.2, 0) is 9.59 Å². The molecule has 21 heavy (non-hydrogen) atoms. The van der Waals surface area contributed by atoms with Crippen LogP contribution in [0.3, 0.4) is 0 Å². The van der Waals surface area contributed by atoms with Crippen LogP contribution < -0.4 is 11.1 Å². The van der Waals surface area contributed by atoms with Crippen molar-refractivity contribution < 1.29 is 9.59 Å². The van der Waals surface area contributed by atoms with Crippen LogP contribution in [0.2, 0.25) is 0 Å². The van der Waals surface area contributed by atoms with Gasteiger partial charge >= 0.3 is 0 Å². The summed E-state index contributed by atoms with van der Waals surface area (Å²) in [6.45, 7) is 1.58. The summed E-state index contributed by atoms with van der Waals surface area (Å²) < 4.78 is 0. The first kappa shape index (κ1) is 14.8. The number of hydrogen-bond acceptors (Lipinski definition) is 3. The van der Waals surface area contributed by atoms with Gasteiger partial charge in [0.2, 0.25) is 11.8 Å². The van der Waals surface area contributed by atoms with E-state index in [4.69, 9.17) is 5.73 Å². The van der Waals surface area contributed by atoms with Gasteiger partial charge in [-0.15, -0.1) is 0 Å². The average Bonchev–Trinajstić information content (AvgIpc) is 3.33. The number of amides is 2. The summed E-state index contributed by atoms with van der Waals surface area (Å²) >= 11 is 0. The summed E-state index contributed by atoms with van der Waals surface area (Å²) in [5.74, 6) is 0.994. The minimum absolute atomic E-state index is 0.183. The molecular formula is C16H27N3O2. The molecule has 1 heterocycles. The lowest BCUT2D eigenvalue weighted by molar-refractivity contribution is -0.137. The van der Waals surface area contributed by atoms with Gasteiger partial charge in [0.1, 0.15) is 0 Å². The maximum atomic E-state index is 12.5. The maximum Gasteiger partial charge on any atom is 0.225 e. The van der Waals surface area contributed by atoms with Crippen molar-refractivity contribution in [3.8, 4) is 0 Å². The molecule has 0 aromatic rings. The fourth-order valence-electron chi connectivity index (χ4n) is 3.53. The Morgan fingerprint density at radius 2 is 1.43 bits per heavy atom. The van der Waals surface area contributed by atoms with Crippen LogP contribution in [0.1, 0.15) is 51.4 Å². The summed E-state index contributed by atoms with van der Waals surface area (Å²) in [5, 5.41) is 3.13. The Bertz CT molecular complexity index is 392. The topological polar surface area (TPSA) is 75.4 Å². The van der Waals surface area contributed by atoms with Gasteiger partial charge in [0.05, 0.1) is 0 Å². The minimum Gasteiger partial charge on any atom is -0.353 e. The lowest BCUT2D eigenvalue weighted by Crippen LogP contribution is -2.49. The molecule has 118 valence electrons. The molecule has 0 aromatic carbocycles. The molecule has 2 amide bonds. The van der Waals surface area contributed by atoms with Crippen LogP contribution in [-0.4, -0.2) is 41.9 Å². The van der Waals surface area contributed by atoms with Crippen LogP contribution in [0.5, 0.6) is 0 Å². The summed E-state index contributed by atoms with van der Waals surface area (Å²) in [5.41, 5.74) is 5.90. The van der Waals surface area contributed by atoms with E-state index in [2.05, 4.69) is 5.32 Å². The van der Waals surface area contributed by atoms with Gasteiger partial charge in [-0.1, -0.05) is 0 Å². The van der Waals surface area contributed by atoms with Crippen molar-refractivity contribution in [2.24, 2.45) is 17.6 Å². The van der Waals surface area contributed by atoms with E-state index in [1.807, 2.05) is 4.90 Å². The zero-order valence-corrected chi connectivity index (χ0v) is 12.7. The van der Waals surface area contributed by atoms with Crippen LogP contribution in [0.15, 0.2) is 0 Å². The molecular weight excluding hydrogens is 266 g/mol. The monoisotopic (exact) mass is 293 g/mol. The number of nitrogens with two attached hydrogens (primary N) is 1. The molecule has 3 N–H and O–H groups in total. The predicted octanol–water partition coefficient (Wildman–Crippen LogP) is 1.02. The summed E-state index contributed by atoms with van der Waals surface area (Å²) in [6.07, 6.45) is 7.73. The zero-order chi connectivity index (χ0) is 14.8. The number of carbonyl (C=O) groups excluding carboxylic acids is 2. The Labute approximate surface area is 126 Å². The van der Waals surface area contributed by atoms with Gasteiger partial charge in [-0.2, -0.15) is 0 Å². The number of piperidine rings is 1. The van der Waals surface area contributed by atoms with Gasteiger partial charge in [-0.05, 0) is 51.4 Å². The van der Waals surface area contributed by atoms with Crippen molar-refractivity contribution in [1.29, 1.82) is 0 Å². The highest BCUT2D eigenvalue weighted by Crippen LogP contribution is 2.30. The first-order chi connectivity index (χ1) is 10.1. The largest absolute Gasteiger partial charge is 0.353 e. The summed E-state index contributed by atoms with van der Waals surface area (Å²) in [4.78, 5) is 26.3. The average molecular weight is 293 g/mol. The number of carbonyl (C=O) groups is 2. The van der Waals surface area contributed by atoms with Crippen molar-refractivity contribution in [1.82, 2.24) is 10.2 Å². The second kappa shape index (κ2) is 6.34. The molecule has 2 saturated carbocycles. The Kier molecular flexibility index (Phi) is 4.48. The van der Waals surface area contributed by atoms with Crippen molar-refractivity contribution in [3.63, 3.8) is 0 Å². The molecule has 3 fully saturated rings. The third kappa shape index (κ3) is 3.76. The highest BCUT2D eigenvalue weighted by Gasteiger charge is 2.33. The molecule has 1 aliphatic heterocycles. The van der Waals surface area contributed by atoms with Gasteiger partial charge < -0.3 is 16.0 Å². The molecule has 3 rings (SSSR count). The maximum absolute atomic E-state index is 12.5. The van der Waals surface area contributed by atoms with Crippen molar-refractivity contribution in [2.45, 2.75) is 63.5 Å². The number of nitrogens with zero attached hydrogens (tertiary/aromatic N) is 1. The standard InChI is InChI=1S/C16H27N3O2/c17-13-5-3-12(4-6-13)16(21)19-9-7-14(8-10-19)18-15(20)11-1-2-11/h11-14H,1-10,17H2,(H,18,20). The Balaban J connectivity index is 1.42. The molecule has 1 saturated heterocycles. The fraction of sp³-hybridized carbons (Fsp3) is 0.875. The van der Waals surface area contributed by atoms with Crippen LogP contribution in [0, 0.1) is 11.8 Å². The first-order valence-electron chi connectivity index (χ1n) is 8.48. The highest BCUT2D eigenvalue weighted by atomic mass is 16.2. The van der Waals surface area contributed by atoms with E-state index in [-0.39, 0.29) is 29.8 Å². The third-order valence-corrected chi connectivity index (χ3v) is 5.22. The Morgan fingerprint density at radius 3 is 2.00 bits per heavy atom. The molecule has 0 aromatic heterocycles. The molecule has 5 nitrogen and oxygen atoms in total. The molecule has 0 radical (unpaired) electrons. The third-order valence-electron chi connectivity index (χ3n) is 5.22. The molecule has 0 unspecified atom stereocenters. The number of nitrogens with one attached hydrogen (secondary N) is 1. The van der Waals surface area contributed by atoms with E-state index in [0.29, 0.717) is 5.91 Å². The molecule has 3 aliphatic rings. The molecule has 0 spiro atoms. The van der Waals surface area contributed by atoms with Gasteiger partial charge in [-0.3, -0.25) is 9.59 Å². The first-order valence-corrected chi connectivity index (χ1v) is 8.48. The fourth-order valence-corrected chi connectivity index (χ4v) is 3.53. The minimum atomic E-state index is 0.183. The predicted molar refractivity (Wildman–Crippen MR) is 80.4 cm³/mol. The van der Waals surface area contributed by atoms with Gasteiger partial charge in [0, 0.05) is 37.0 Å². The highest BCUT2D eigenvalue weighted by molar-refractivity contribution is 5.81. The quantitative estimate of drug-likeness (QED) is 0.816. The lowest BCUT2D eigenvalue weighted by Gasteiger charge is -2.36. The second-order valence-corrected chi connectivity index (χ2v) is 6.99. The van der Waals surface area contributed by atoms with E-state index in [1.54, 1.807) is 0 Å². The van der Waals surface area contributed by atoms with Crippen molar-refractivity contribution in [3.05, 3.63) is 0 Å². The zero-order valence-electron chi connectivity index (χ0n) is 12.7. The van der Waals surface area contributed by atoms with Gasteiger partial charge in [0.15, 0.2) is 0 Å². The SMILES string of the molecule is NC1CCC(C(=O)N2CCC(NC(=O)C3CC3)CC2)CC1. The number of rotatable bonds is 3. The van der Waals surface area contributed by atoms with Gasteiger partial charge in [-0.25, -0.2) is 0 Å². The van der Waals surface area contributed by atoms with Crippen LogP contribution in [0.4, 0.5) is 0 Å². The summed E-state index contributed by atoms with van der Waals surface area (Å²) in [6, 6.07) is 0.555. The molecule has 0 bridgehead atoms. The van der Waals surface area contributed by atoms with E-state index >= 15 is 0 Å². The lowest BCUT2D eigenvalue weighted by atomic mass is 9.85. The normalized spacial score (nSPS) is 31.0. The molecule has 2 aliphatic carbocycles. The van der Waals surface area contributed by atoms with E-state index < -0.39 is 0 Å². The van der Waals surface area contributed by atoms with Crippen LogP contribution in [0.25, 0.3) is 0 Å². The molecule has 0 atom stereocenters. The Morgan fingerprint density at radius 1 is 0.857 bits per heavy atom. The van der Waals surface area contributed by atoms with Crippen LogP contribution >= 0.6 is 0 Å². The summed E-state index contributed by atoms with van der Waals surface area (Å²) in [7, 11) is 0. The van der Waals surface area contributed by atoms with Gasteiger partial charge in [0.25, 0.3) is 0 Å². The van der Waals surface area contributed by atoms with Crippen molar-refractivity contribution in [2.75, 3.05) is 13.1 Å².